The van der Waals surface area contributed by atoms with Gasteiger partial charge in [0, 0.05) is 46.0 Å². The molecule has 1 aliphatic rings. The van der Waals surface area contributed by atoms with Gasteiger partial charge in [-0.1, -0.05) is 0 Å². The molecule has 128 valence electrons. The number of nitrogens with zero attached hydrogens (tertiary/aromatic N) is 4. The summed E-state index contributed by atoms with van der Waals surface area (Å²) in [6, 6.07) is 0. The third-order valence-electron chi connectivity index (χ3n) is 3.67. The normalized spacial score (nSPS) is 20.2. The van der Waals surface area contributed by atoms with Crippen LogP contribution in [0.3, 0.4) is 0 Å². The molecule has 0 bridgehead atoms. The molecule has 1 unspecified atom stereocenters. The molecular weight excluding hydrogens is 302 g/mol. The van der Waals surface area contributed by atoms with Crippen molar-refractivity contribution < 1.29 is 19.8 Å². The fourth-order valence-corrected chi connectivity index (χ4v) is 2.61. The van der Waals surface area contributed by atoms with Crippen molar-refractivity contribution in [1.29, 1.82) is 0 Å². The summed E-state index contributed by atoms with van der Waals surface area (Å²) < 4.78 is 1.60. The number of nitrogens with one attached hydrogen (secondary N) is 1. The molecule has 1 aromatic rings. The smallest absolute Gasteiger partial charge is 0.304 e. The van der Waals surface area contributed by atoms with Gasteiger partial charge in [0.25, 0.3) is 0 Å². The number of rotatable bonds is 6. The van der Waals surface area contributed by atoms with E-state index in [9.17, 15) is 14.7 Å². The largest absolute Gasteiger partial charge is 0.481 e. The van der Waals surface area contributed by atoms with Gasteiger partial charge in [-0.2, -0.15) is 5.10 Å². The Morgan fingerprint density at radius 2 is 2.04 bits per heavy atom. The van der Waals surface area contributed by atoms with Crippen molar-refractivity contribution in [1.82, 2.24) is 19.6 Å². The van der Waals surface area contributed by atoms with Gasteiger partial charge in [-0.05, 0) is 0 Å². The van der Waals surface area contributed by atoms with E-state index in [1.165, 1.54) is 0 Å². The number of hydrogen-bond donors (Lipinski definition) is 3. The number of aryl methyl sites for hydroxylation is 1. The molecule has 9 heteroatoms. The number of anilines is 1. The molecule has 23 heavy (non-hydrogen) atoms. The molecule has 0 spiro atoms. The van der Waals surface area contributed by atoms with E-state index in [-0.39, 0.29) is 18.9 Å². The summed E-state index contributed by atoms with van der Waals surface area (Å²) in [5.41, 5.74) is 0.635. The maximum Gasteiger partial charge on any atom is 0.304 e. The molecule has 9 nitrogen and oxygen atoms in total. The van der Waals surface area contributed by atoms with E-state index in [4.69, 9.17) is 5.11 Å². The van der Waals surface area contributed by atoms with Gasteiger partial charge in [0.15, 0.2) is 0 Å². The lowest BCUT2D eigenvalue weighted by molar-refractivity contribution is -0.137. The Hall–Kier alpha value is -1.97. The van der Waals surface area contributed by atoms with Crippen LogP contribution in [-0.2, 0) is 16.6 Å². The highest BCUT2D eigenvalue weighted by Gasteiger charge is 2.23. The van der Waals surface area contributed by atoms with E-state index in [0.29, 0.717) is 38.4 Å². The maximum atomic E-state index is 12.0. The Morgan fingerprint density at radius 3 is 2.70 bits per heavy atom. The molecule has 1 amide bonds. The van der Waals surface area contributed by atoms with Gasteiger partial charge < -0.3 is 15.5 Å². The van der Waals surface area contributed by atoms with Crippen LogP contribution in [0, 0.1) is 0 Å². The number of carbonyl (C=O) groups excluding carboxylic acids is 1. The highest BCUT2D eigenvalue weighted by atomic mass is 16.4. The molecule has 0 aliphatic carbocycles. The number of carbonyl (C=O) groups is 2. The number of aromatic nitrogens is 2. The van der Waals surface area contributed by atoms with Gasteiger partial charge in [-0.25, -0.2) is 0 Å². The number of carboxylic acid groups (broad SMARTS) is 1. The third kappa shape index (κ3) is 5.97. The van der Waals surface area contributed by atoms with E-state index < -0.39 is 12.1 Å². The lowest BCUT2D eigenvalue weighted by Crippen LogP contribution is -2.38. The van der Waals surface area contributed by atoms with E-state index >= 15 is 0 Å². The van der Waals surface area contributed by atoms with Gasteiger partial charge in [0.05, 0.1) is 31.0 Å². The van der Waals surface area contributed by atoms with Crippen molar-refractivity contribution in [2.75, 3.05) is 44.6 Å². The summed E-state index contributed by atoms with van der Waals surface area (Å²) in [6.07, 6.45) is 2.73. The molecule has 2 heterocycles. The predicted octanol–water partition coefficient (Wildman–Crippen LogP) is -1.19. The highest BCUT2D eigenvalue weighted by Crippen LogP contribution is 2.07. The van der Waals surface area contributed by atoms with Crippen molar-refractivity contribution >= 4 is 17.6 Å². The molecule has 2 rings (SSSR count). The first-order valence-corrected chi connectivity index (χ1v) is 7.55. The summed E-state index contributed by atoms with van der Waals surface area (Å²) in [5.74, 6) is -1.01. The third-order valence-corrected chi connectivity index (χ3v) is 3.67. The van der Waals surface area contributed by atoms with Crippen molar-refractivity contribution in [3.05, 3.63) is 12.4 Å². The Labute approximate surface area is 134 Å². The van der Waals surface area contributed by atoms with Crippen molar-refractivity contribution in [3.8, 4) is 0 Å². The van der Waals surface area contributed by atoms with Crippen LogP contribution in [0.4, 0.5) is 5.69 Å². The molecule has 0 aromatic carbocycles. The van der Waals surface area contributed by atoms with Gasteiger partial charge in [-0.15, -0.1) is 0 Å². The molecule has 1 aromatic heterocycles. The average molecular weight is 325 g/mol. The van der Waals surface area contributed by atoms with Crippen LogP contribution >= 0.6 is 0 Å². The topological polar surface area (TPSA) is 111 Å². The molecule has 1 saturated heterocycles. The second kappa shape index (κ2) is 8.04. The van der Waals surface area contributed by atoms with Crippen molar-refractivity contribution in [2.45, 2.75) is 12.5 Å². The number of aliphatic carboxylic acids is 1. The highest BCUT2D eigenvalue weighted by molar-refractivity contribution is 5.91. The van der Waals surface area contributed by atoms with Crippen LogP contribution in [0.2, 0.25) is 0 Å². The van der Waals surface area contributed by atoms with Crippen LogP contribution in [0.25, 0.3) is 0 Å². The first-order chi connectivity index (χ1) is 10.9. The van der Waals surface area contributed by atoms with Crippen molar-refractivity contribution in [2.24, 2.45) is 7.05 Å². The number of aliphatic hydroxyl groups excluding tert-OH is 1. The van der Waals surface area contributed by atoms with Crippen molar-refractivity contribution in [3.63, 3.8) is 0 Å². The summed E-state index contributed by atoms with van der Waals surface area (Å²) >= 11 is 0. The zero-order valence-electron chi connectivity index (χ0n) is 13.2. The first-order valence-electron chi connectivity index (χ1n) is 7.55. The van der Waals surface area contributed by atoms with E-state index in [1.54, 1.807) is 24.1 Å². The maximum absolute atomic E-state index is 12.0. The fraction of sp³-hybridized carbons (Fsp3) is 0.643. The van der Waals surface area contributed by atoms with Crippen LogP contribution < -0.4 is 5.32 Å². The monoisotopic (exact) mass is 325 g/mol. The number of hydrogen-bond acceptors (Lipinski definition) is 6. The number of β-amino-alcohol motifs (C(OH)–C–C–N with tert-alkyl or cyclic N) is 1. The molecule has 0 radical (unpaired) electrons. The standard InChI is InChI=1S/C14H23N5O4/c1-17-7-11(6-15-17)16-13(21)10-19-5-4-18(3-2-14(22)23)8-12(20)9-19/h6-7,12,20H,2-5,8-10H2,1H3,(H,16,21)(H,22,23). The minimum atomic E-state index is -0.851. The van der Waals surface area contributed by atoms with Crippen LogP contribution in [0.15, 0.2) is 12.4 Å². The van der Waals surface area contributed by atoms with E-state index in [1.807, 2.05) is 9.80 Å². The molecule has 1 aliphatic heterocycles. The first kappa shape index (κ1) is 17.4. The minimum absolute atomic E-state index is 0.0498. The van der Waals surface area contributed by atoms with Crippen LogP contribution in [0.5, 0.6) is 0 Å². The second-order valence-corrected chi connectivity index (χ2v) is 5.78. The Morgan fingerprint density at radius 1 is 1.35 bits per heavy atom. The van der Waals surface area contributed by atoms with Crippen LogP contribution in [-0.4, -0.2) is 87.0 Å². The summed E-state index contributed by atoms with van der Waals surface area (Å²) in [5, 5.41) is 25.5. The minimum Gasteiger partial charge on any atom is -0.481 e. The van der Waals surface area contributed by atoms with Gasteiger partial charge in [-0.3, -0.25) is 24.1 Å². The molecule has 1 fully saturated rings. The Balaban J connectivity index is 1.81. The predicted molar refractivity (Wildman–Crippen MR) is 83.0 cm³/mol. The lowest BCUT2D eigenvalue weighted by atomic mass is 10.3. The zero-order chi connectivity index (χ0) is 16.8. The van der Waals surface area contributed by atoms with Gasteiger partial charge >= 0.3 is 5.97 Å². The summed E-state index contributed by atoms with van der Waals surface area (Å²) in [4.78, 5) is 26.5. The molecular formula is C14H23N5O4. The van der Waals surface area contributed by atoms with Gasteiger partial charge in [0.1, 0.15) is 0 Å². The van der Waals surface area contributed by atoms with E-state index in [0.717, 1.165) is 0 Å². The lowest BCUT2D eigenvalue weighted by Gasteiger charge is -2.20. The number of aliphatic hydroxyl groups is 1. The molecule has 1 atom stereocenters. The Bertz CT molecular complexity index is 547. The fourth-order valence-electron chi connectivity index (χ4n) is 2.61. The Kier molecular flexibility index (Phi) is 6.08. The van der Waals surface area contributed by atoms with E-state index in [2.05, 4.69) is 10.4 Å². The van der Waals surface area contributed by atoms with Crippen LogP contribution in [0.1, 0.15) is 6.42 Å². The SMILES string of the molecule is Cn1cc(NC(=O)CN2CCN(CCC(=O)O)CC(O)C2)cn1. The number of amides is 1. The molecule has 0 saturated carbocycles. The second-order valence-electron chi connectivity index (χ2n) is 5.78. The molecule has 3 N–H and O–H groups in total. The number of carboxylic acids is 1. The zero-order valence-corrected chi connectivity index (χ0v) is 13.2. The quantitative estimate of drug-likeness (QED) is 0.603. The average Bonchev–Trinajstić information content (AvgIpc) is 2.76. The summed E-state index contributed by atoms with van der Waals surface area (Å²) in [6.45, 7) is 2.64. The van der Waals surface area contributed by atoms with Gasteiger partial charge in [0.2, 0.25) is 5.91 Å². The summed E-state index contributed by atoms with van der Waals surface area (Å²) in [7, 11) is 1.77.